The molecule has 0 bridgehead atoms. The van der Waals surface area contributed by atoms with E-state index in [1.807, 2.05) is 12.1 Å². The van der Waals surface area contributed by atoms with E-state index in [9.17, 15) is 8.42 Å². The summed E-state index contributed by atoms with van der Waals surface area (Å²) >= 11 is 0. The number of benzene rings is 1. The molecule has 1 heterocycles. The highest BCUT2D eigenvalue weighted by atomic mass is 32.2. The quantitative estimate of drug-likeness (QED) is 0.922. The fraction of sp³-hybridized carbons (Fsp3) is 0.267. The van der Waals surface area contributed by atoms with E-state index >= 15 is 0 Å². The van der Waals surface area contributed by atoms with E-state index in [1.165, 1.54) is 13.3 Å². The van der Waals surface area contributed by atoms with Gasteiger partial charge in [-0.15, -0.1) is 0 Å². The van der Waals surface area contributed by atoms with Crippen LogP contribution in [0.2, 0.25) is 0 Å². The number of hydrogen-bond acceptors (Lipinski definition) is 4. The van der Waals surface area contributed by atoms with Crippen molar-refractivity contribution in [1.29, 1.82) is 0 Å². The number of methoxy groups -OCH3 is 1. The molecule has 0 radical (unpaired) electrons. The molecule has 1 N–H and O–H groups in total. The van der Waals surface area contributed by atoms with Crippen molar-refractivity contribution in [2.24, 2.45) is 0 Å². The van der Waals surface area contributed by atoms with Crippen molar-refractivity contribution in [1.82, 2.24) is 4.98 Å². The third-order valence-electron chi connectivity index (χ3n) is 3.05. The molecule has 0 aliphatic carbocycles. The molecule has 1 aromatic carbocycles. The summed E-state index contributed by atoms with van der Waals surface area (Å²) in [4.78, 5) is 4.19. The summed E-state index contributed by atoms with van der Waals surface area (Å²) in [5, 5.41) is 0. The van der Waals surface area contributed by atoms with Crippen LogP contribution in [0.3, 0.4) is 0 Å². The van der Waals surface area contributed by atoms with Gasteiger partial charge < -0.3 is 4.74 Å². The lowest BCUT2D eigenvalue weighted by molar-refractivity contribution is 0.398. The fourth-order valence-corrected chi connectivity index (χ4v) is 2.85. The van der Waals surface area contributed by atoms with E-state index in [1.54, 1.807) is 24.3 Å². The molecule has 0 saturated carbocycles. The Labute approximate surface area is 125 Å². The number of aromatic nitrogens is 1. The Hall–Kier alpha value is -2.08. The van der Waals surface area contributed by atoms with Gasteiger partial charge in [0.1, 0.15) is 0 Å². The number of nitrogens with one attached hydrogen (secondary N) is 1. The monoisotopic (exact) mass is 306 g/mol. The van der Waals surface area contributed by atoms with Gasteiger partial charge in [-0.2, -0.15) is 0 Å². The molecule has 0 aliphatic rings. The molecule has 0 spiro atoms. The van der Waals surface area contributed by atoms with Crippen molar-refractivity contribution in [2.45, 2.75) is 24.7 Å². The average molecular weight is 306 g/mol. The second-order valence-corrected chi connectivity index (χ2v) is 6.60. The molecular weight excluding hydrogens is 288 g/mol. The van der Waals surface area contributed by atoms with Crippen LogP contribution in [0.1, 0.15) is 25.3 Å². The molecule has 0 amide bonds. The first kappa shape index (κ1) is 15.3. The van der Waals surface area contributed by atoms with Gasteiger partial charge in [0.15, 0.2) is 0 Å². The van der Waals surface area contributed by atoms with Crippen molar-refractivity contribution < 1.29 is 13.2 Å². The van der Waals surface area contributed by atoms with Gasteiger partial charge in [-0.25, -0.2) is 13.4 Å². The van der Waals surface area contributed by atoms with E-state index in [0.717, 1.165) is 5.56 Å². The molecule has 2 aromatic rings. The molecule has 5 nitrogen and oxygen atoms in total. The number of pyridine rings is 1. The maximum atomic E-state index is 12.3. The largest absolute Gasteiger partial charge is 0.481 e. The normalized spacial score (nSPS) is 11.4. The van der Waals surface area contributed by atoms with Gasteiger partial charge in [0.25, 0.3) is 10.0 Å². The van der Waals surface area contributed by atoms with E-state index < -0.39 is 10.0 Å². The lowest BCUT2D eigenvalue weighted by Crippen LogP contribution is -2.13. The van der Waals surface area contributed by atoms with Crippen LogP contribution in [0.5, 0.6) is 5.88 Å². The standard InChI is InChI=1S/C15H18N2O3S/c1-11(2)12-4-7-14(8-5-12)21(18,19)17-13-6-9-15(20-3)16-10-13/h4-11,17H,1-3H3. The zero-order valence-electron chi connectivity index (χ0n) is 12.2. The highest BCUT2D eigenvalue weighted by Gasteiger charge is 2.14. The number of anilines is 1. The second-order valence-electron chi connectivity index (χ2n) is 4.92. The summed E-state index contributed by atoms with van der Waals surface area (Å²) in [5.74, 6) is 0.791. The van der Waals surface area contributed by atoms with Gasteiger partial charge in [-0.1, -0.05) is 26.0 Å². The van der Waals surface area contributed by atoms with Gasteiger partial charge >= 0.3 is 0 Å². The van der Waals surface area contributed by atoms with Crippen molar-refractivity contribution in [2.75, 3.05) is 11.8 Å². The summed E-state index contributed by atoms with van der Waals surface area (Å²) in [6.07, 6.45) is 1.42. The van der Waals surface area contributed by atoms with E-state index in [4.69, 9.17) is 4.74 Å². The first-order chi connectivity index (χ1) is 9.92. The fourth-order valence-electron chi connectivity index (χ4n) is 1.81. The Morgan fingerprint density at radius 2 is 1.76 bits per heavy atom. The van der Waals surface area contributed by atoms with Crippen LogP contribution in [0, 0.1) is 0 Å². The van der Waals surface area contributed by atoms with Crippen LogP contribution < -0.4 is 9.46 Å². The minimum Gasteiger partial charge on any atom is -0.481 e. The first-order valence-electron chi connectivity index (χ1n) is 6.55. The van der Waals surface area contributed by atoms with Gasteiger partial charge in [0.2, 0.25) is 5.88 Å². The first-order valence-corrected chi connectivity index (χ1v) is 8.03. The van der Waals surface area contributed by atoms with E-state index in [0.29, 0.717) is 17.5 Å². The second kappa shape index (κ2) is 6.13. The van der Waals surface area contributed by atoms with Gasteiger partial charge in [0, 0.05) is 6.07 Å². The number of nitrogens with zero attached hydrogens (tertiary/aromatic N) is 1. The minimum atomic E-state index is -3.61. The van der Waals surface area contributed by atoms with Crippen LogP contribution in [-0.4, -0.2) is 20.5 Å². The summed E-state index contributed by atoms with van der Waals surface area (Å²) in [7, 11) is -2.10. The Kier molecular flexibility index (Phi) is 4.47. The van der Waals surface area contributed by atoms with E-state index in [-0.39, 0.29) is 4.90 Å². The van der Waals surface area contributed by atoms with Crippen LogP contribution in [-0.2, 0) is 10.0 Å². The van der Waals surface area contributed by atoms with Crippen LogP contribution in [0.25, 0.3) is 0 Å². The highest BCUT2D eigenvalue weighted by molar-refractivity contribution is 7.92. The molecule has 0 fully saturated rings. The van der Waals surface area contributed by atoms with Crippen molar-refractivity contribution in [3.63, 3.8) is 0 Å². The molecule has 21 heavy (non-hydrogen) atoms. The molecule has 1 aromatic heterocycles. The van der Waals surface area contributed by atoms with Crippen molar-refractivity contribution >= 4 is 15.7 Å². The predicted molar refractivity (Wildman–Crippen MR) is 82.1 cm³/mol. The number of hydrogen-bond donors (Lipinski definition) is 1. The molecule has 0 saturated heterocycles. The predicted octanol–water partition coefficient (Wildman–Crippen LogP) is 3.01. The van der Waals surface area contributed by atoms with Gasteiger partial charge in [-0.05, 0) is 29.7 Å². The SMILES string of the molecule is COc1ccc(NS(=O)(=O)c2ccc(C(C)C)cc2)cn1. The van der Waals surface area contributed by atoms with Gasteiger partial charge in [0.05, 0.1) is 23.9 Å². The zero-order chi connectivity index (χ0) is 15.5. The summed E-state index contributed by atoms with van der Waals surface area (Å²) in [5.41, 5.74) is 1.49. The molecule has 0 unspecified atom stereocenters. The summed E-state index contributed by atoms with van der Waals surface area (Å²) < 4.78 is 32.0. The maximum Gasteiger partial charge on any atom is 0.261 e. The number of rotatable bonds is 5. The molecular formula is C15H18N2O3S. The minimum absolute atomic E-state index is 0.225. The maximum absolute atomic E-state index is 12.3. The smallest absolute Gasteiger partial charge is 0.261 e. The topological polar surface area (TPSA) is 68.3 Å². The highest BCUT2D eigenvalue weighted by Crippen LogP contribution is 2.20. The molecule has 0 aliphatic heterocycles. The molecule has 6 heteroatoms. The number of ether oxygens (including phenoxy) is 1. The third-order valence-corrected chi connectivity index (χ3v) is 4.45. The zero-order valence-corrected chi connectivity index (χ0v) is 13.0. The molecule has 2 rings (SSSR count). The van der Waals surface area contributed by atoms with Crippen LogP contribution in [0.4, 0.5) is 5.69 Å². The van der Waals surface area contributed by atoms with Crippen LogP contribution in [0.15, 0.2) is 47.5 Å². The van der Waals surface area contributed by atoms with Gasteiger partial charge in [-0.3, -0.25) is 4.72 Å². The Morgan fingerprint density at radius 3 is 2.24 bits per heavy atom. The average Bonchev–Trinajstić information content (AvgIpc) is 2.48. The Balaban J connectivity index is 2.20. The lowest BCUT2D eigenvalue weighted by Gasteiger charge is -2.10. The summed E-state index contributed by atoms with van der Waals surface area (Å²) in [6, 6.07) is 10.1. The van der Waals surface area contributed by atoms with Crippen molar-refractivity contribution in [3.8, 4) is 5.88 Å². The summed E-state index contributed by atoms with van der Waals surface area (Å²) in [6.45, 7) is 4.12. The molecule has 112 valence electrons. The Bertz CT molecular complexity index is 693. The third kappa shape index (κ3) is 3.72. The number of sulfonamides is 1. The Morgan fingerprint density at radius 1 is 1.10 bits per heavy atom. The van der Waals surface area contributed by atoms with Crippen molar-refractivity contribution in [3.05, 3.63) is 48.2 Å². The van der Waals surface area contributed by atoms with Crippen LogP contribution >= 0.6 is 0 Å². The van der Waals surface area contributed by atoms with E-state index in [2.05, 4.69) is 23.6 Å². The molecule has 0 atom stereocenters. The lowest BCUT2D eigenvalue weighted by atomic mass is 10.0.